The molecule has 0 fully saturated rings. The topological polar surface area (TPSA) is 75.2 Å². The minimum atomic E-state index is -0.265. The largest absolute Gasteiger partial charge is 0.497 e. The second kappa shape index (κ2) is 7.14. The fourth-order valence-corrected chi connectivity index (χ4v) is 3.36. The van der Waals surface area contributed by atoms with Gasteiger partial charge in [-0.3, -0.25) is 0 Å². The van der Waals surface area contributed by atoms with Crippen LogP contribution in [0.15, 0.2) is 59.4 Å². The molecule has 146 valence electrons. The van der Waals surface area contributed by atoms with Gasteiger partial charge in [0, 0.05) is 5.56 Å². The van der Waals surface area contributed by atoms with Crippen LogP contribution in [-0.2, 0) is 17.9 Å². The number of ether oxygens (including phenoxy) is 2. The van der Waals surface area contributed by atoms with Crippen LogP contribution in [0.5, 0.6) is 5.75 Å². The molecule has 0 spiro atoms. The van der Waals surface area contributed by atoms with Crippen LogP contribution in [0.2, 0.25) is 0 Å². The minimum absolute atomic E-state index is 0.164. The third-order valence-corrected chi connectivity index (χ3v) is 4.95. The van der Waals surface area contributed by atoms with Crippen molar-refractivity contribution in [3.05, 3.63) is 71.9 Å². The molecule has 1 aliphatic heterocycles. The van der Waals surface area contributed by atoms with Crippen molar-refractivity contribution >= 4 is 0 Å². The summed E-state index contributed by atoms with van der Waals surface area (Å²) in [6, 6.07) is 13.8. The molecule has 0 radical (unpaired) electrons. The van der Waals surface area contributed by atoms with Crippen LogP contribution < -0.4 is 4.74 Å². The summed E-state index contributed by atoms with van der Waals surface area (Å²) in [4.78, 5) is 8.93. The average Bonchev–Trinajstić information content (AvgIpc) is 3.41. The van der Waals surface area contributed by atoms with Crippen molar-refractivity contribution in [3.8, 4) is 28.7 Å². The Hall–Kier alpha value is -3.52. The summed E-state index contributed by atoms with van der Waals surface area (Å²) in [5.41, 5.74) is 3.22. The summed E-state index contributed by atoms with van der Waals surface area (Å²) in [5, 5.41) is 4.07. The first-order valence-electron chi connectivity index (χ1n) is 9.11. The maximum atomic E-state index is 13.2. The Labute approximate surface area is 165 Å². The summed E-state index contributed by atoms with van der Waals surface area (Å²) < 4.78 is 31.8. The molecular weight excluding hydrogens is 375 g/mol. The Morgan fingerprint density at radius 1 is 1.10 bits per heavy atom. The zero-order valence-corrected chi connectivity index (χ0v) is 15.6. The molecule has 0 saturated carbocycles. The van der Waals surface area contributed by atoms with E-state index in [1.54, 1.807) is 25.6 Å². The summed E-state index contributed by atoms with van der Waals surface area (Å²) in [6.07, 6.45) is 1.57. The number of fused-ring (bicyclic) bond motifs is 1. The lowest BCUT2D eigenvalue weighted by Crippen LogP contribution is -2.20. The number of hydrogen-bond acceptors (Lipinski definition) is 6. The molecule has 0 unspecified atom stereocenters. The highest BCUT2D eigenvalue weighted by molar-refractivity contribution is 5.59. The number of imidazole rings is 1. The van der Waals surface area contributed by atoms with Crippen molar-refractivity contribution in [1.82, 2.24) is 19.7 Å². The highest BCUT2D eigenvalue weighted by Crippen LogP contribution is 2.32. The molecule has 4 aromatic rings. The van der Waals surface area contributed by atoms with E-state index < -0.39 is 0 Å². The van der Waals surface area contributed by atoms with Crippen LogP contribution in [0.3, 0.4) is 0 Å². The number of benzene rings is 2. The van der Waals surface area contributed by atoms with Crippen LogP contribution in [0.1, 0.15) is 17.4 Å². The number of rotatable bonds is 4. The highest BCUT2D eigenvalue weighted by Gasteiger charge is 2.26. The SMILES string of the molecule is COc1ccc(-c2noc(-c3ncn4c3CO[C@H](c3ccc(F)cc3)C4)n2)cc1. The molecule has 5 rings (SSSR count). The predicted molar refractivity (Wildman–Crippen MR) is 101 cm³/mol. The number of methoxy groups -OCH3 is 1. The maximum Gasteiger partial charge on any atom is 0.278 e. The molecule has 3 heterocycles. The lowest BCUT2D eigenvalue weighted by atomic mass is 10.1. The standard InChI is InChI=1S/C21H17FN4O3/c1-27-16-8-4-14(5-9-16)20-24-21(29-25-20)19-17-11-28-18(10-26(17)12-23-19)13-2-6-15(22)7-3-13/h2-9,12,18H,10-11H2,1H3/t18-/m0/s1. The Morgan fingerprint density at radius 2 is 1.90 bits per heavy atom. The highest BCUT2D eigenvalue weighted by atomic mass is 19.1. The smallest absolute Gasteiger partial charge is 0.278 e. The molecule has 8 heteroatoms. The Balaban J connectivity index is 1.39. The number of aromatic nitrogens is 4. The lowest BCUT2D eigenvalue weighted by Gasteiger charge is -2.25. The van der Waals surface area contributed by atoms with Gasteiger partial charge in [-0.2, -0.15) is 4.98 Å². The molecule has 2 aromatic carbocycles. The van der Waals surface area contributed by atoms with Crippen LogP contribution in [0.25, 0.3) is 23.0 Å². The van der Waals surface area contributed by atoms with E-state index in [1.165, 1.54) is 12.1 Å². The zero-order valence-electron chi connectivity index (χ0n) is 15.6. The molecule has 0 aliphatic carbocycles. The summed E-state index contributed by atoms with van der Waals surface area (Å²) >= 11 is 0. The van der Waals surface area contributed by atoms with Gasteiger partial charge in [-0.05, 0) is 42.0 Å². The van der Waals surface area contributed by atoms with Gasteiger partial charge in [0.2, 0.25) is 5.82 Å². The minimum Gasteiger partial charge on any atom is -0.497 e. The van der Waals surface area contributed by atoms with E-state index in [-0.39, 0.29) is 11.9 Å². The van der Waals surface area contributed by atoms with E-state index in [0.717, 1.165) is 22.6 Å². The first kappa shape index (κ1) is 17.6. The van der Waals surface area contributed by atoms with Crippen molar-refractivity contribution in [3.63, 3.8) is 0 Å². The van der Waals surface area contributed by atoms with Gasteiger partial charge in [0.15, 0.2) is 5.69 Å². The van der Waals surface area contributed by atoms with E-state index in [9.17, 15) is 4.39 Å². The molecule has 0 bridgehead atoms. The van der Waals surface area contributed by atoms with Crippen molar-refractivity contribution < 1.29 is 18.4 Å². The average molecular weight is 392 g/mol. The molecule has 0 amide bonds. The molecule has 0 N–H and O–H groups in total. The van der Waals surface area contributed by atoms with E-state index >= 15 is 0 Å². The second-order valence-electron chi connectivity index (χ2n) is 6.70. The normalized spacial score (nSPS) is 15.9. The summed E-state index contributed by atoms with van der Waals surface area (Å²) in [6.45, 7) is 0.922. The molecule has 7 nitrogen and oxygen atoms in total. The van der Waals surface area contributed by atoms with E-state index in [0.29, 0.717) is 30.6 Å². The van der Waals surface area contributed by atoms with Crippen molar-refractivity contribution in [2.75, 3.05) is 7.11 Å². The quantitative estimate of drug-likeness (QED) is 0.522. The second-order valence-corrected chi connectivity index (χ2v) is 6.70. The monoisotopic (exact) mass is 392 g/mol. The molecule has 29 heavy (non-hydrogen) atoms. The van der Waals surface area contributed by atoms with Crippen LogP contribution in [-0.4, -0.2) is 26.8 Å². The molecule has 1 atom stereocenters. The Bertz CT molecular complexity index is 1140. The van der Waals surface area contributed by atoms with Gasteiger partial charge in [0.1, 0.15) is 17.7 Å². The third-order valence-electron chi connectivity index (χ3n) is 4.95. The molecule has 2 aromatic heterocycles. The summed E-state index contributed by atoms with van der Waals surface area (Å²) in [5.74, 6) is 1.31. The Morgan fingerprint density at radius 3 is 2.66 bits per heavy atom. The fraction of sp³-hybridized carbons (Fsp3) is 0.190. The Kier molecular flexibility index (Phi) is 4.33. The number of nitrogens with zero attached hydrogens (tertiary/aromatic N) is 4. The first-order chi connectivity index (χ1) is 14.2. The predicted octanol–water partition coefficient (Wildman–Crippen LogP) is 4.02. The first-order valence-corrected chi connectivity index (χ1v) is 9.11. The van der Waals surface area contributed by atoms with Gasteiger partial charge >= 0.3 is 0 Å². The third kappa shape index (κ3) is 3.27. The van der Waals surface area contributed by atoms with Crippen molar-refractivity contribution in [2.45, 2.75) is 19.3 Å². The van der Waals surface area contributed by atoms with Crippen LogP contribution >= 0.6 is 0 Å². The fourth-order valence-electron chi connectivity index (χ4n) is 3.36. The molecule has 1 aliphatic rings. The molecule has 0 saturated heterocycles. The van der Waals surface area contributed by atoms with Gasteiger partial charge in [-0.25, -0.2) is 9.37 Å². The van der Waals surface area contributed by atoms with E-state index in [2.05, 4.69) is 15.1 Å². The maximum absolute atomic E-state index is 13.2. The molecular formula is C21H17FN4O3. The van der Waals surface area contributed by atoms with Gasteiger partial charge < -0.3 is 18.6 Å². The van der Waals surface area contributed by atoms with Crippen LogP contribution in [0.4, 0.5) is 4.39 Å². The van der Waals surface area contributed by atoms with Gasteiger partial charge in [-0.15, -0.1) is 0 Å². The van der Waals surface area contributed by atoms with E-state index in [1.807, 2.05) is 28.8 Å². The van der Waals surface area contributed by atoms with Crippen molar-refractivity contribution in [2.24, 2.45) is 0 Å². The summed E-state index contributed by atoms with van der Waals surface area (Å²) in [7, 11) is 1.62. The zero-order chi connectivity index (χ0) is 19.8. The van der Waals surface area contributed by atoms with Gasteiger partial charge in [0.05, 0.1) is 32.3 Å². The van der Waals surface area contributed by atoms with Crippen molar-refractivity contribution in [1.29, 1.82) is 0 Å². The number of hydrogen-bond donors (Lipinski definition) is 0. The lowest BCUT2D eigenvalue weighted by molar-refractivity contribution is 0.00326. The number of halogens is 1. The van der Waals surface area contributed by atoms with Crippen LogP contribution in [0, 0.1) is 5.82 Å². The van der Waals surface area contributed by atoms with E-state index in [4.69, 9.17) is 14.0 Å². The van der Waals surface area contributed by atoms with Gasteiger partial charge in [0.25, 0.3) is 5.89 Å². The van der Waals surface area contributed by atoms with Gasteiger partial charge in [-0.1, -0.05) is 17.3 Å².